The zero-order chi connectivity index (χ0) is 13.9. The number of nitrogens with one attached hydrogen (secondary N) is 1. The molecular formula is C12H18N4O3. The van der Waals surface area contributed by atoms with Crippen molar-refractivity contribution in [2.24, 2.45) is 11.1 Å². The standard InChI is InChI=1S/C12H18N4O3/c13-8-12(3-1-2-4-12)11(19)15-9-5-14-16(6-9)7-10(17)18/h5-6H,1-4,7-8,13H2,(H,15,19)(H,17,18). The van der Waals surface area contributed by atoms with Crippen LogP contribution in [0, 0.1) is 5.41 Å². The molecule has 0 atom stereocenters. The fraction of sp³-hybridized carbons (Fsp3) is 0.583. The van der Waals surface area contributed by atoms with E-state index in [1.165, 1.54) is 17.1 Å². The fourth-order valence-electron chi connectivity index (χ4n) is 2.49. The molecule has 1 aliphatic rings. The van der Waals surface area contributed by atoms with Gasteiger partial charge >= 0.3 is 5.97 Å². The number of aromatic nitrogens is 2. The van der Waals surface area contributed by atoms with Crippen molar-refractivity contribution in [3.63, 3.8) is 0 Å². The third kappa shape index (κ3) is 2.93. The molecule has 104 valence electrons. The largest absolute Gasteiger partial charge is 0.480 e. The Kier molecular flexibility index (Phi) is 3.84. The Balaban J connectivity index is 2.02. The molecule has 0 spiro atoms. The summed E-state index contributed by atoms with van der Waals surface area (Å²) < 4.78 is 1.27. The number of carbonyl (C=O) groups is 2. The number of anilines is 1. The van der Waals surface area contributed by atoms with Crippen LogP contribution >= 0.6 is 0 Å². The summed E-state index contributed by atoms with van der Waals surface area (Å²) in [5.74, 6) is -1.07. The zero-order valence-electron chi connectivity index (χ0n) is 10.6. The Hall–Kier alpha value is -1.89. The number of carbonyl (C=O) groups excluding carboxylic acids is 1. The average molecular weight is 266 g/mol. The molecule has 0 radical (unpaired) electrons. The van der Waals surface area contributed by atoms with Crippen molar-refractivity contribution in [2.75, 3.05) is 11.9 Å². The minimum Gasteiger partial charge on any atom is -0.480 e. The molecule has 1 amide bonds. The molecule has 1 fully saturated rings. The predicted molar refractivity (Wildman–Crippen MR) is 68.4 cm³/mol. The van der Waals surface area contributed by atoms with Crippen molar-refractivity contribution in [2.45, 2.75) is 32.2 Å². The molecule has 4 N–H and O–H groups in total. The Morgan fingerprint density at radius 2 is 2.16 bits per heavy atom. The molecule has 1 aromatic heterocycles. The van der Waals surface area contributed by atoms with E-state index in [1.807, 2.05) is 0 Å². The molecule has 0 aliphatic heterocycles. The van der Waals surface area contributed by atoms with Crippen molar-refractivity contribution >= 4 is 17.6 Å². The normalized spacial score (nSPS) is 17.3. The average Bonchev–Trinajstić information content (AvgIpc) is 2.98. The van der Waals surface area contributed by atoms with Gasteiger partial charge in [0.2, 0.25) is 5.91 Å². The Morgan fingerprint density at radius 1 is 1.47 bits per heavy atom. The van der Waals surface area contributed by atoms with Crippen molar-refractivity contribution in [3.8, 4) is 0 Å². The first-order valence-corrected chi connectivity index (χ1v) is 6.31. The minimum atomic E-state index is -0.977. The lowest BCUT2D eigenvalue weighted by atomic mass is 9.85. The Bertz CT molecular complexity index is 477. The van der Waals surface area contributed by atoms with E-state index in [9.17, 15) is 9.59 Å². The number of hydrogen-bond acceptors (Lipinski definition) is 4. The van der Waals surface area contributed by atoms with Crippen molar-refractivity contribution in [3.05, 3.63) is 12.4 Å². The van der Waals surface area contributed by atoms with E-state index in [1.54, 1.807) is 0 Å². The van der Waals surface area contributed by atoms with Crippen LogP contribution in [0.3, 0.4) is 0 Å². The highest BCUT2D eigenvalue weighted by atomic mass is 16.4. The van der Waals surface area contributed by atoms with Crippen molar-refractivity contribution < 1.29 is 14.7 Å². The zero-order valence-corrected chi connectivity index (χ0v) is 10.6. The molecular weight excluding hydrogens is 248 g/mol. The second kappa shape index (κ2) is 5.40. The molecule has 1 saturated carbocycles. The van der Waals surface area contributed by atoms with Gasteiger partial charge in [-0.1, -0.05) is 12.8 Å². The van der Waals surface area contributed by atoms with Crippen LogP contribution in [0.4, 0.5) is 5.69 Å². The van der Waals surface area contributed by atoms with E-state index < -0.39 is 11.4 Å². The Labute approximate surface area is 110 Å². The highest BCUT2D eigenvalue weighted by molar-refractivity contribution is 5.95. The van der Waals surface area contributed by atoms with Crippen LogP contribution in [0.1, 0.15) is 25.7 Å². The molecule has 1 heterocycles. The smallest absolute Gasteiger partial charge is 0.325 e. The van der Waals surface area contributed by atoms with Gasteiger partial charge in [-0.2, -0.15) is 5.10 Å². The van der Waals surface area contributed by atoms with Gasteiger partial charge in [-0.25, -0.2) is 0 Å². The first kappa shape index (κ1) is 13.5. The summed E-state index contributed by atoms with van der Waals surface area (Å²) in [6, 6.07) is 0. The second-order valence-electron chi connectivity index (χ2n) is 4.97. The second-order valence-corrected chi connectivity index (χ2v) is 4.97. The highest BCUT2D eigenvalue weighted by Gasteiger charge is 2.39. The summed E-state index contributed by atoms with van der Waals surface area (Å²) in [4.78, 5) is 22.8. The van der Waals surface area contributed by atoms with E-state index in [0.29, 0.717) is 12.2 Å². The van der Waals surface area contributed by atoms with Gasteiger partial charge in [0.15, 0.2) is 0 Å². The molecule has 7 nitrogen and oxygen atoms in total. The van der Waals surface area contributed by atoms with Crippen LogP contribution in [-0.4, -0.2) is 33.3 Å². The number of aliphatic carboxylic acids is 1. The van der Waals surface area contributed by atoms with Gasteiger partial charge in [0.1, 0.15) is 6.54 Å². The molecule has 1 aliphatic carbocycles. The van der Waals surface area contributed by atoms with Gasteiger partial charge in [0.25, 0.3) is 0 Å². The SMILES string of the molecule is NCC1(C(=O)Nc2cnn(CC(=O)O)c2)CCCC1. The summed E-state index contributed by atoms with van der Waals surface area (Å²) in [6.07, 6.45) is 6.59. The molecule has 0 bridgehead atoms. The number of nitrogens with zero attached hydrogens (tertiary/aromatic N) is 2. The van der Waals surface area contributed by atoms with Gasteiger partial charge in [-0.15, -0.1) is 0 Å². The van der Waals surface area contributed by atoms with Gasteiger partial charge in [0, 0.05) is 12.7 Å². The Morgan fingerprint density at radius 3 is 2.74 bits per heavy atom. The van der Waals surface area contributed by atoms with Crippen LogP contribution in [0.5, 0.6) is 0 Å². The number of amides is 1. The van der Waals surface area contributed by atoms with E-state index in [4.69, 9.17) is 10.8 Å². The topological polar surface area (TPSA) is 110 Å². The van der Waals surface area contributed by atoms with Crippen molar-refractivity contribution in [1.29, 1.82) is 0 Å². The van der Waals surface area contributed by atoms with Crippen LogP contribution < -0.4 is 11.1 Å². The maximum absolute atomic E-state index is 12.3. The third-order valence-corrected chi connectivity index (χ3v) is 3.62. The monoisotopic (exact) mass is 266 g/mol. The fourth-order valence-corrected chi connectivity index (χ4v) is 2.49. The van der Waals surface area contributed by atoms with Crippen LogP contribution in [0.15, 0.2) is 12.4 Å². The van der Waals surface area contributed by atoms with Crippen LogP contribution in [0.2, 0.25) is 0 Å². The number of carboxylic acids is 1. The third-order valence-electron chi connectivity index (χ3n) is 3.62. The number of carboxylic acid groups (broad SMARTS) is 1. The van der Waals surface area contributed by atoms with Gasteiger partial charge in [-0.05, 0) is 12.8 Å². The molecule has 0 aromatic carbocycles. The molecule has 0 saturated heterocycles. The minimum absolute atomic E-state index is 0.0950. The summed E-state index contributed by atoms with van der Waals surface area (Å²) in [5.41, 5.74) is 5.76. The first-order chi connectivity index (χ1) is 9.05. The summed E-state index contributed by atoms with van der Waals surface area (Å²) >= 11 is 0. The quantitative estimate of drug-likeness (QED) is 0.715. The van der Waals surface area contributed by atoms with Gasteiger partial charge in [-0.3, -0.25) is 14.3 Å². The number of hydrogen-bond donors (Lipinski definition) is 3. The van der Waals surface area contributed by atoms with E-state index in [-0.39, 0.29) is 12.5 Å². The van der Waals surface area contributed by atoms with E-state index in [0.717, 1.165) is 25.7 Å². The van der Waals surface area contributed by atoms with E-state index >= 15 is 0 Å². The molecule has 19 heavy (non-hydrogen) atoms. The molecule has 2 rings (SSSR count). The number of rotatable bonds is 5. The summed E-state index contributed by atoms with van der Waals surface area (Å²) in [6.45, 7) is 0.111. The lowest BCUT2D eigenvalue weighted by Gasteiger charge is -2.25. The van der Waals surface area contributed by atoms with Crippen LogP contribution in [0.25, 0.3) is 0 Å². The van der Waals surface area contributed by atoms with Gasteiger partial charge in [0.05, 0.1) is 17.3 Å². The van der Waals surface area contributed by atoms with Crippen LogP contribution in [-0.2, 0) is 16.1 Å². The maximum Gasteiger partial charge on any atom is 0.325 e. The lowest BCUT2D eigenvalue weighted by molar-refractivity contribution is -0.137. The lowest BCUT2D eigenvalue weighted by Crippen LogP contribution is -2.40. The predicted octanol–water partition coefficient (Wildman–Crippen LogP) is 0.425. The summed E-state index contributed by atoms with van der Waals surface area (Å²) in [7, 11) is 0. The molecule has 1 aromatic rings. The first-order valence-electron chi connectivity index (χ1n) is 6.31. The number of nitrogens with two attached hydrogens (primary N) is 1. The summed E-state index contributed by atoms with van der Waals surface area (Å²) in [5, 5.41) is 15.3. The highest BCUT2D eigenvalue weighted by Crippen LogP contribution is 2.38. The molecule has 7 heteroatoms. The van der Waals surface area contributed by atoms with Crippen molar-refractivity contribution in [1.82, 2.24) is 9.78 Å². The van der Waals surface area contributed by atoms with Gasteiger partial charge < -0.3 is 16.2 Å². The molecule has 0 unspecified atom stereocenters. The van der Waals surface area contributed by atoms with E-state index in [2.05, 4.69) is 10.4 Å². The maximum atomic E-state index is 12.3.